The zero-order valence-corrected chi connectivity index (χ0v) is 15.8. The molecule has 0 spiro atoms. The average molecular weight is 405 g/mol. The molecule has 30 heavy (non-hydrogen) atoms. The first-order valence-electron chi connectivity index (χ1n) is 9.27. The number of pyridine rings is 1. The standard InChI is InChI=1S/C22H17F2N5O/c23-16-7-3-8-17(24)19(16)22(30)27-12-11-26-21-15-6-1-2-9-18(15)28-20(29-21)14-5-4-10-25-13-14/h1-10,13H,11-12H2,(H,27,30)(H,26,28,29). The Hall–Kier alpha value is -3.94. The molecule has 0 aliphatic rings. The lowest BCUT2D eigenvalue weighted by Crippen LogP contribution is -2.30. The van der Waals surface area contributed by atoms with Crippen molar-refractivity contribution in [2.75, 3.05) is 18.4 Å². The predicted molar refractivity (Wildman–Crippen MR) is 110 cm³/mol. The van der Waals surface area contributed by atoms with Crippen LogP contribution in [-0.4, -0.2) is 33.9 Å². The van der Waals surface area contributed by atoms with E-state index < -0.39 is 23.1 Å². The Morgan fingerprint density at radius 1 is 0.900 bits per heavy atom. The SMILES string of the molecule is O=C(NCCNc1nc(-c2cccnc2)nc2ccccc12)c1c(F)cccc1F. The third-order valence-electron chi connectivity index (χ3n) is 4.42. The number of fused-ring (bicyclic) bond motifs is 1. The molecular formula is C22H17F2N5O. The Kier molecular flexibility index (Phi) is 5.56. The van der Waals surface area contributed by atoms with Crippen LogP contribution >= 0.6 is 0 Å². The Labute approximate surface area is 171 Å². The maximum Gasteiger partial charge on any atom is 0.257 e. The van der Waals surface area contributed by atoms with Crippen LogP contribution in [-0.2, 0) is 0 Å². The number of benzene rings is 2. The van der Waals surface area contributed by atoms with Crippen LogP contribution in [0.25, 0.3) is 22.3 Å². The van der Waals surface area contributed by atoms with Crippen LogP contribution in [0, 0.1) is 11.6 Å². The zero-order chi connectivity index (χ0) is 20.9. The van der Waals surface area contributed by atoms with Gasteiger partial charge in [0.05, 0.1) is 5.52 Å². The van der Waals surface area contributed by atoms with Crippen LogP contribution in [0.5, 0.6) is 0 Å². The topological polar surface area (TPSA) is 79.8 Å². The normalized spacial score (nSPS) is 10.7. The summed E-state index contributed by atoms with van der Waals surface area (Å²) in [6.45, 7) is 0.447. The molecule has 2 aromatic carbocycles. The van der Waals surface area contributed by atoms with E-state index in [9.17, 15) is 13.6 Å². The molecule has 0 aliphatic carbocycles. The number of rotatable bonds is 6. The van der Waals surface area contributed by atoms with Gasteiger partial charge in [0.2, 0.25) is 0 Å². The van der Waals surface area contributed by atoms with Crippen LogP contribution in [0.4, 0.5) is 14.6 Å². The highest BCUT2D eigenvalue weighted by atomic mass is 19.1. The van der Waals surface area contributed by atoms with Gasteiger partial charge >= 0.3 is 0 Å². The van der Waals surface area contributed by atoms with Crippen LogP contribution < -0.4 is 10.6 Å². The summed E-state index contributed by atoms with van der Waals surface area (Å²) in [6.07, 6.45) is 3.35. The van der Waals surface area contributed by atoms with E-state index in [4.69, 9.17) is 0 Å². The summed E-state index contributed by atoms with van der Waals surface area (Å²) in [5.74, 6) is -1.50. The number of hydrogen-bond acceptors (Lipinski definition) is 5. The lowest BCUT2D eigenvalue weighted by Gasteiger charge is -2.12. The first-order chi connectivity index (χ1) is 14.6. The van der Waals surface area contributed by atoms with Gasteiger partial charge in [0, 0.05) is 36.4 Å². The van der Waals surface area contributed by atoms with Crippen molar-refractivity contribution in [2.24, 2.45) is 0 Å². The number of para-hydroxylation sites is 1. The van der Waals surface area contributed by atoms with Gasteiger partial charge in [-0.2, -0.15) is 0 Å². The van der Waals surface area contributed by atoms with Crippen molar-refractivity contribution in [3.05, 3.63) is 84.2 Å². The molecule has 0 unspecified atom stereocenters. The van der Waals surface area contributed by atoms with Crippen molar-refractivity contribution in [1.29, 1.82) is 0 Å². The fourth-order valence-electron chi connectivity index (χ4n) is 3.00. The van der Waals surface area contributed by atoms with Gasteiger partial charge in [-0.25, -0.2) is 18.7 Å². The van der Waals surface area contributed by atoms with E-state index in [2.05, 4.69) is 25.6 Å². The fraction of sp³-hybridized carbons (Fsp3) is 0.0909. The molecule has 0 fully saturated rings. The molecule has 0 saturated heterocycles. The third-order valence-corrected chi connectivity index (χ3v) is 4.42. The van der Waals surface area contributed by atoms with Gasteiger partial charge in [0.1, 0.15) is 23.0 Å². The van der Waals surface area contributed by atoms with Gasteiger partial charge in [0.25, 0.3) is 5.91 Å². The highest BCUT2D eigenvalue weighted by Gasteiger charge is 2.16. The van der Waals surface area contributed by atoms with Gasteiger partial charge in [-0.05, 0) is 36.4 Å². The Morgan fingerprint density at radius 3 is 2.47 bits per heavy atom. The highest BCUT2D eigenvalue weighted by molar-refractivity contribution is 5.94. The van der Waals surface area contributed by atoms with Crippen molar-refractivity contribution in [3.8, 4) is 11.4 Å². The molecule has 4 aromatic rings. The predicted octanol–water partition coefficient (Wildman–Crippen LogP) is 3.81. The molecule has 0 radical (unpaired) electrons. The molecule has 150 valence electrons. The molecule has 2 N–H and O–H groups in total. The summed E-state index contributed by atoms with van der Waals surface area (Å²) in [5.41, 5.74) is 0.935. The second-order valence-electron chi connectivity index (χ2n) is 6.43. The maximum absolute atomic E-state index is 13.7. The molecule has 0 atom stereocenters. The zero-order valence-electron chi connectivity index (χ0n) is 15.8. The number of anilines is 1. The number of halogens is 2. The van der Waals surface area contributed by atoms with E-state index >= 15 is 0 Å². The number of aromatic nitrogens is 3. The number of nitrogens with zero attached hydrogens (tertiary/aromatic N) is 3. The first-order valence-corrected chi connectivity index (χ1v) is 9.27. The van der Waals surface area contributed by atoms with Crippen molar-refractivity contribution >= 4 is 22.6 Å². The summed E-state index contributed by atoms with van der Waals surface area (Å²) in [7, 11) is 0. The van der Waals surface area contributed by atoms with Crippen LogP contribution in [0.2, 0.25) is 0 Å². The van der Waals surface area contributed by atoms with Crippen molar-refractivity contribution in [2.45, 2.75) is 0 Å². The number of hydrogen-bond donors (Lipinski definition) is 2. The summed E-state index contributed by atoms with van der Waals surface area (Å²) in [4.78, 5) is 25.4. The second kappa shape index (κ2) is 8.60. The minimum absolute atomic E-state index is 0.146. The third kappa shape index (κ3) is 4.07. The minimum Gasteiger partial charge on any atom is -0.368 e. The summed E-state index contributed by atoms with van der Waals surface area (Å²) < 4.78 is 27.4. The number of nitrogens with one attached hydrogen (secondary N) is 2. The van der Waals surface area contributed by atoms with E-state index in [-0.39, 0.29) is 6.54 Å². The Morgan fingerprint density at radius 2 is 1.70 bits per heavy atom. The minimum atomic E-state index is -0.900. The first kappa shape index (κ1) is 19.4. The largest absolute Gasteiger partial charge is 0.368 e. The summed E-state index contributed by atoms with van der Waals surface area (Å²) >= 11 is 0. The van der Waals surface area contributed by atoms with Gasteiger partial charge in [-0.15, -0.1) is 0 Å². The molecule has 8 heteroatoms. The molecule has 0 saturated carbocycles. The molecule has 0 bridgehead atoms. The lowest BCUT2D eigenvalue weighted by atomic mass is 10.2. The Balaban J connectivity index is 1.49. The van der Waals surface area contributed by atoms with E-state index in [0.29, 0.717) is 18.2 Å². The number of carbonyl (C=O) groups excluding carboxylic acids is 1. The lowest BCUT2D eigenvalue weighted by molar-refractivity contribution is 0.0946. The smallest absolute Gasteiger partial charge is 0.257 e. The Bertz CT molecular complexity index is 1180. The van der Waals surface area contributed by atoms with Gasteiger partial charge in [0.15, 0.2) is 5.82 Å². The molecule has 2 heterocycles. The number of amides is 1. The van der Waals surface area contributed by atoms with Crippen LogP contribution in [0.15, 0.2) is 67.0 Å². The molecule has 0 aliphatic heterocycles. The van der Waals surface area contributed by atoms with Crippen molar-refractivity contribution in [3.63, 3.8) is 0 Å². The van der Waals surface area contributed by atoms with E-state index in [0.717, 1.165) is 28.6 Å². The van der Waals surface area contributed by atoms with Gasteiger partial charge in [-0.3, -0.25) is 9.78 Å². The van der Waals surface area contributed by atoms with Gasteiger partial charge in [-0.1, -0.05) is 18.2 Å². The van der Waals surface area contributed by atoms with E-state index in [1.54, 1.807) is 18.5 Å². The molecule has 6 nitrogen and oxygen atoms in total. The second-order valence-corrected chi connectivity index (χ2v) is 6.43. The van der Waals surface area contributed by atoms with Crippen LogP contribution in [0.1, 0.15) is 10.4 Å². The van der Waals surface area contributed by atoms with E-state index in [1.807, 2.05) is 30.3 Å². The average Bonchev–Trinajstić information content (AvgIpc) is 2.77. The van der Waals surface area contributed by atoms with Crippen molar-refractivity contribution < 1.29 is 13.6 Å². The maximum atomic E-state index is 13.7. The van der Waals surface area contributed by atoms with Crippen LogP contribution in [0.3, 0.4) is 0 Å². The molecule has 1 amide bonds. The summed E-state index contributed by atoms with van der Waals surface area (Å²) in [5, 5.41) is 6.49. The molecule has 2 aromatic heterocycles. The highest BCUT2D eigenvalue weighted by Crippen LogP contribution is 2.24. The van der Waals surface area contributed by atoms with Gasteiger partial charge < -0.3 is 10.6 Å². The number of carbonyl (C=O) groups is 1. The van der Waals surface area contributed by atoms with Crippen molar-refractivity contribution in [1.82, 2.24) is 20.3 Å². The summed E-state index contributed by atoms with van der Waals surface area (Å²) in [6, 6.07) is 14.5. The fourth-order valence-corrected chi connectivity index (χ4v) is 3.00. The molecular weight excluding hydrogens is 388 g/mol. The quantitative estimate of drug-likeness (QED) is 0.477. The van der Waals surface area contributed by atoms with E-state index in [1.165, 1.54) is 6.07 Å². The molecule has 4 rings (SSSR count). The monoisotopic (exact) mass is 405 g/mol.